The van der Waals surface area contributed by atoms with Gasteiger partial charge in [0, 0.05) is 19.1 Å². The Morgan fingerprint density at radius 3 is 2.50 bits per heavy atom. The lowest BCUT2D eigenvalue weighted by Crippen LogP contribution is -2.30. The molecule has 0 aliphatic rings. The molecule has 16 heavy (non-hydrogen) atoms. The van der Waals surface area contributed by atoms with Gasteiger partial charge in [-0.25, -0.2) is 4.39 Å². The van der Waals surface area contributed by atoms with E-state index < -0.39 is 0 Å². The lowest BCUT2D eigenvalue weighted by Gasteiger charge is -2.29. The molecule has 1 aromatic rings. The lowest BCUT2D eigenvalue weighted by molar-refractivity contribution is 0.592. The summed E-state index contributed by atoms with van der Waals surface area (Å²) in [6.45, 7) is 6.05. The van der Waals surface area contributed by atoms with Crippen molar-refractivity contribution in [3.05, 3.63) is 29.6 Å². The van der Waals surface area contributed by atoms with Crippen LogP contribution < -0.4 is 10.6 Å². The van der Waals surface area contributed by atoms with Gasteiger partial charge in [0.25, 0.3) is 0 Å². The molecule has 1 aromatic carbocycles. The molecular formula is C13H21FN2. The molecule has 0 radical (unpaired) electrons. The van der Waals surface area contributed by atoms with Crippen LogP contribution >= 0.6 is 0 Å². The van der Waals surface area contributed by atoms with E-state index in [0.717, 1.165) is 12.0 Å². The largest absolute Gasteiger partial charge is 0.369 e. The van der Waals surface area contributed by atoms with Crippen LogP contribution in [0.15, 0.2) is 18.2 Å². The van der Waals surface area contributed by atoms with Crippen LogP contribution in [0.5, 0.6) is 0 Å². The average Bonchev–Trinajstić information content (AvgIpc) is 2.26. The summed E-state index contributed by atoms with van der Waals surface area (Å²) in [5, 5.41) is 0. The minimum absolute atomic E-state index is 0.155. The van der Waals surface area contributed by atoms with Gasteiger partial charge in [0.2, 0.25) is 0 Å². The van der Waals surface area contributed by atoms with Crippen molar-refractivity contribution in [2.45, 2.75) is 39.3 Å². The Bertz CT molecular complexity index is 350. The Hall–Kier alpha value is -1.09. The second kappa shape index (κ2) is 5.30. The van der Waals surface area contributed by atoms with Crippen molar-refractivity contribution in [1.29, 1.82) is 0 Å². The minimum atomic E-state index is -0.197. The Kier molecular flexibility index (Phi) is 4.30. The zero-order chi connectivity index (χ0) is 12.3. The third-order valence-corrected chi connectivity index (χ3v) is 3.11. The summed E-state index contributed by atoms with van der Waals surface area (Å²) < 4.78 is 13.9. The molecule has 0 bridgehead atoms. The first kappa shape index (κ1) is 13.0. The van der Waals surface area contributed by atoms with Gasteiger partial charge in [-0.3, -0.25) is 0 Å². The molecule has 0 aliphatic heterocycles. The fourth-order valence-corrected chi connectivity index (χ4v) is 1.77. The molecule has 0 heterocycles. The summed E-state index contributed by atoms with van der Waals surface area (Å²) in [5.41, 5.74) is 7.36. The van der Waals surface area contributed by atoms with Gasteiger partial charge in [-0.15, -0.1) is 0 Å². The topological polar surface area (TPSA) is 29.3 Å². The predicted molar refractivity (Wildman–Crippen MR) is 67.2 cm³/mol. The van der Waals surface area contributed by atoms with E-state index in [-0.39, 0.29) is 11.9 Å². The average molecular weight is 224 g/mol. The quantitative estimate of drug-likeness (QED) is 0.851. The maximum Gasteiger partial charge on any atom is 0.146 e. The summed E-state index contributed by atoms with van der Waals surface area (Å²) in [4.78, 5) is 1.97. The fraction of sp³-hybridized carbons (Fsp3) is 0.538. The molecule has 0 spiro atoms. The lowest BCUT2D eigenvalue weighted by atomic mass is 10.0. The second-order valence-electron chi connectivity index (χ2n) is 4.33. The van der Waals surface area contributed by atoms with Crippen LogP contribution in [-0.2, 0) is 0 Å². The number of nitrogens with two attached hydrogens (primary N) is 1. The number of halogens is 1. The van der Waals surface area contributed by atoms with E-state index in [1.165, 1.54) is 6.07 Å². The molecule has 1 rings (SSSR count). The molecule has 0 fully saturated rings. The second-order valence-corrected chi connectivity index (χ2v) is 4.33. The standard InChI is InChI=1S/C13H21FN2/c1-5-9(2)16(4)13-11(10(3)15)7-6-8-12(13)14/h6-10H,5,15H2,1-4H3. The zero-order valence-corrected chi connectivity index (χ0v) is 10.5. The first-order valence-corrected chi connectivity index (χ1v) is 5.75. The highest BCUT2D eigenvalue weighted by atomic mass is 19.1. The zero-order valence-electron chi connectivity index (χ0n) is 10.5. The Labute approximate surface area is 97.3 Å². The van der Waals surface area contributed by atoms with E-state index in [4.69, 9.17) is 5.73 Å². The third-order valence-electron chi connectivity index (χ3n) is 3.11. The van der Waals surface area contributed by atoms with E-state index in [1.54, 1.807) is 6.07 Å². The monoisotopic (exact) mass is 224 g/mol. The molecule has 2 nitrogen and oxygen atoms in total. The van der Waals surface area contributed by atoms with Gasteiger partial charge >= 0.3 is 0 Å². The normalized spacial score (nSPS) is 14.6. The molecule has 0 aliphatic carbocycles. The van der Waals surface area contributed by atoms with E-state index >= 15 is 0 Å². The van der Waals surface area contributed by atoms with E-state index in [1.807, 2.05) is 24.9 Å². The van der Waals surface area contributed by atoms with Crippen molar-refractivity contribution in [1.82, 2.24) is 0 Å². The van der Waals surface area contributed by atoms with Crippen LogP contribution in [0.25, 0.3) is 0 Å². The van der Waals surface area contributed by atoms with E-state index in [9.17, 15) is 4.39 Å². The van der Waals surface area contributed by atoms with E-state index in [2.05, 4.69) is 13.8 Å². The molecule has 2 atom stereocenters. The number of rotatable bonds is 4. The van der Waals surface area contributed by atoms with Gasteiger partial charge in [-0.1, -0.05) is 19.1 Å². The van der Waals surface area contributed by atoms with Gasteiger partial charge in [0.05, 0.1) is 5.69 Å². The SMILES string of the molecule is CCC(C)N(C)c1c(F)cccc1C(C)N. The molecule has 0 saturated carbocycles. The van der Waals surface area contributed by atoms with Crippen molar-refractivity contribution < 1.29 is 4.39 Å². The van der Waals surface area contributed by atoms with Crippen LogP contribution in [0.1, 0.15) is 38.8 Å². The molecule has 0 saturated heterocycles. The molecular weight excluding hydrogens is 203 g/mol. The van der Waals surface area contributed by atoms with Gasteiger partial charge in [0.15, 0.2) is 0 Å². The first-order valence-electron chi connectivity index (χ1n) is 5.75. The summed E-state index contributed by atoms with van der Waals surface area (Å²) in [6.07, 6.45) is 0.975. The molecule has 2 N–H and O–H groups in total. The highest BCUT2D eigenvalue weighted by Gasteiger charge is 2.18. The fourth-order valence-electron chi connectivity index (χ4n) is 1.77. The third kappa shape index (κ3) is 2.53. The molecule has 3 heteroatoms. The van der Waals surface area contributed by atoms with Crippen molar-refractivity contribution in [3.63, 3.8) is 0 Å². The van der Waals surface area contributed by atoms with Crippen LogP contribution in [0.2, 0.25) is 0 Å². The van der Waals surface area contributed by atoms with Crippen LogP contribution in [0.4, 0.5) is 10.1 Å². The van der Waals surface area contributed by atoms with Gasteiger partial charge in [-0.05, 0) is 31.9 Å². The van der Waals surface area contributed by atoms with Gasteiger partial charge in [-0.2, -0.15) is 0 Å². The summed E-state index contributed by atoms with van der Waals surface area (Å²) in [5.74, 6) is -0.197. The summed E-state index contributed by atoms with van der Waals surface area (Å²) in [6, 6.07) is 5.23. The highest BCUT2D eigenvalue weighted by Crippen LogP contribution is 2.29. The maximum absolute atomic E-state index is 13.9. The number of para-hydroxylation sites is 1. The Balaban J connectivity index is 3.19. The first-order chi connectivity index (χ1) is 7.49. The van der Waals surface area contributed by atoms with E-state index in [0.29, 0.717) is 11.7 Å². The smallest absolute Gasteiger partial charge is 0.146 e. The van der Waals surface area contributed by atoms with Crippen molar-refractivity contribution >= 4 is 5.69 Å². The van der Waals surface area contributed by atoms with Crippen molar-refractivity contribution in [2.75, 3.05) is 11.9 Å². The van der Waals surface area contributed by atoms with Gasteiger partial charge in [0.1, 0.15) is 5.82 Å². The van der Waals surface area contributed by atoms with Crippen LogP contribution in [-0.4, -0.2) is 13.1 Å². The number of hydrogen-bond acceptors (Lipinski definition) is 2. The maximum atomic E-state index is 13.9. The molecule has 2 unspecified atom stereocenters. The molecule has 90 valence electrons. The Morgan fingerprint density at radius 2 is 2.00 bits per heavy atom. The molecule has 0 amide bonds. The van der Waals surface area contributed by atoms with Crippen LogP contribution in [0.3, 0.4) is 0 Å². The van der Waals surface area contributed by atoms with Crippen molar-refractivity contribution in [3.8, 4) is 0 Å². The minimum Gasteiger partial charge on any atom is -0.369 e. The van der Waals surface area contributed by atoms with Crippen LogP contribution in [0, 0.1) is 5.82 Å². The Morgan fingerprint density at radius 1 is 1.38 bits per heavy atom. The number of hydrogen-bond donors (Lipinski definition) is 1. The molecule has 0 aromatic heterocycles. The number of nitrogens with zero attached hydrogens (tertiary/aromatic N) is 1. The highest BCUT2D eigenvalue weighted by molar-refractivity contribution is 5.56. The van der Waals surface area contributed by atoms with Gasteiger partial charge < -0.3 is 10.6 Å². The summed E-state index contributed by atoms with van der Waals surface area (Å²) >= 11 is 0. The predicted octanol–water partition coefficient (Wildman–Crippen LogP) is 3.08. The summed E-state index contributed by atoms with van der Waals surface area (Å²) in [7, 11) is 1.92. The van der Waals surface area contributed by atoms with Crippen molar-refractivity contribution in [2.24, 2.45) is 5.73 Å². The number of benzene rings is 1. The number of anilines is 1.